The van der Waals surface area contributed by atoms with Gasteiger partial charge in [0.15, 0.2) is 0 Å². The number of aromatic hydroxyl groups is 1. The molecule has 0 bridgehead atoms. The molecule has 1 saturated heterocycles. The third-order valence-electron chi connectivity index (χ3n) is 5.56. The minimum absolute atomic E-state index is 0.00556. The van der Waals surface area contributed by atoms with Gasteiger partial charge in [0.25, 0.3) is 5.91 Å². The number of carbonyl (C=O) groups is 2. The lowest BCUT2D eigenvalue weighted by Gasteiger charge is -2.32. The van der Waals surface area contributed by atoms with Crippen LogP contribution in [0.5, 0.6) is 5.75 Å². The zero-order valence-corrected chi connectivity index (χ0v) is 16.5. The normalized spacial score (nSPS) is 15.9. The summed E-state index contributed by atoms with van der Waals surface area (Å²) in [4.78, 5) is 26.9. The zero-order chi connectivity index (χ0) is 20.1. The van der Waals surface area contributed by atoms with E-state index < -0.39 is 0 Å². The average Bonchev–Trinajstić information content (AvgIpc) is 2.73. The van der Waals surface area contributed by atoms with Gasteiger partial charge < -0.3 is 15.3 Å². The summed E-state index contributed by atoms with van der Waals surface area (Å²) in [5.74, 6) is 0.549. The average molecular weight is 380 g/mol. The summed E-state index contributed by atoms with van der Waals surface area (Å²) in [5, 5.41) is 12.6. The van der Waals surface area contributed by atoms with E-state index in [-0.39, 0.29) is 23.5 Å². The van der Waals surface area contributed by atoms with Gasteiger partial charge in [0.05, 0.1) is 0 Å². The molecule has 2 aromatic rings. The van der Waals surface area contributed by atoms with Crippen molar-refractivity contribution in [2.45, 2.75) is 39.0 Å². The highest BCUT2D eigenvalue weighted by molar-refractivity contribution is 5.97. The predicted molar refractivity (Wildman–Crippen MR) is 111 cm³/mol. The van der Waals surface area contributed by atoms with Crippen LogP contribution in [-0.2, 0) is 4.79 Å². The molecule has 148 valence electrons. The predicted octanol–water partition coefficient (Wildman–Crippen LogP) is 4.40. The maximum absolute atomic E-state index is 12.9. The van der Waals surface area contributed by atoms with Crippen molar-refractivity contribution < 1.29 is 14.7 Å². The highest BCUT2D eigenvalue weighted by Gasteiger charge is 2.25. The van der Waals surface area contributed by atoms with Crippen molar-refractivity contribution in [2.75, 3.05) is 18.4 Å². The number of phenols is 1. The number of amides is 2. The monoisotopic (exact) mass is 380 g/mol. The van der Waals surface area contributed by atoms with Crippen LogP contribution >= 0.6 is 0 Å². The van der Waals surface area contributed by atoms with Gasteiger partial charge in [-0.1, -0.05) is 32.0 Å². The van der Waals surface area contributed by atoms with Gasteiger partial charge in [0, 0.05) is 30.3 Å². The summed E-state index contributed by atoms with van der Waals surface area (Å²) in [7, 11) is 0. The molecule has 2 amide bonds. The number of rotatable bonds is 5. The molecule has 3 rings (SSSR count). The summed E-state index contributed by atoms with van der Waals surface area (Å²) in [6, 6.07) is 14.5. The van der Waals surface area contributed by atoms with E-state index in [9.17, 15) is 14.7 Å². The van der Waals surface area contributed by atoms with E-state index in [1.807, 2.05) is 43.0 Å². The molecule has 0 aliphatic carbocycles. The number of phenolic OH excluding ortho intramolecular Hbond substituents is 1. The molecule has 1 aliphatic rings. The van der Waals surface area contributed by atoms with E-state index in [0.29, 0.717) is 30.3 Å². The molecule has 1 fully saturated rings. The lowest BCUT2D eigenvalue weighted by Crippen LogP contribution is -2.38. The van der Waals surface area contributed by atoms with Crippen molar-refractivity contribution in [3.8, 4) is 5.75 Å². The summed E-state index contributed by atoms with van der Waals surface area (Å²) in [6.45, 7) is 5.23. The van der Waals surface area contributed by atoms with Crippen molar-refractivity contribution in [3.05, 3.63) is 59.7 Å². The number of anilines is 1. The quantitative estimate of drug-likeness (QED) is 0.808. The number of carbonyl (C=O) groups excluding carboxylic acids is 2. The highest BCUT2D eigenvalue weighted by Crippen LogP contribution is 2.30. The third-order valence-corrected chi connectivity index (χ3v) is 5.56. The Balaban J connectivity index is 1.62. The van der Waals surface area contributed by atoms with E-state index in [1.54, 1.807) is 24.3 Å². The largest absolute Gasteiger partial charge is 0.508 e. The van der Waals surface area contributed by atoms with Crippen LogP contribution in [0.15, 0.2) is 48.5 Å². The van der Waals surface area contributed by atoms with Crippen molar-refractivity contribution in [3.63, 3.8) is 0 Å². The van der Waals surface area contributed by atoms with E-state index in [1.165, 1.54) is 0 Å². The molecular weight excluding hydrogens is 352 g/mol. The minimum atomic E-state index is -0.0594. The summed E-state index contributed by atoms with van der Waals surface area (Å²) in [6.07, 6.45) is 2.53. The Labute approximate surface area is 166 Å². The maximum atomic E-state index is 12.9. The SMILES string of the molecule is CCC(C)C(=O)Nc1cccc(C(=O)N2CCC(c3cccc(O)c3)CC2)c1. The second-order valence-corrected chi connectivity index (χ2v) is 7.54. The van der Waals surface area contributed by atoms with Crippen LogP contribution in [0.2, 0.25) is 0 Å². The molecule has 1 aliphatic heterocycles. The fourth-order valence-corrected chi connectivity index (χ4v) is 3.56. The lowest BCUT2D eigenvalue weighted by molar-refractivity contribution is -0.119. The van der Waals surface area contributed by atoms with Crippen molar-refractivity contribution in [1.29, 1.82) is 0 Å². The molecule has 0 aromatic heterocycles. The smallest absolute Gasteiger partial charge is 0.253 e. The molecule has 2 aromatic carbocycles. The molecule has 28 heavy (non-hydrogen) atoms. The van der Waals surface area contributed by atoms with Crippen molar-refractivity contribution in [2.24, 2.45) is 5.92 Å². The van der Waals surface area contributed by atoms with E-state index in [4.69, 9.17) is 0 Å². The van der Waals surface area contributed by atoms with Gasteiger partial charge in [0.2, 0.25) is 5.91 Å². The van der Waals surface area contributed by atoms with E-state index >= 15 is 0 Å². The minimum Gasteiger partial charge on any atom is -0.508 e. The molecule has 5 nitrogen and oxygen atoms in total. The Hall–Kier alpha value is -2.82. The first-order valence-corrected chi connectivity index (χ1v) is 9.97. The molecular formula is C23H28N2O3. The number of likely N-dealkylation sites (tertiary alicyclic amines) is 1. The van der Waals surface area contributed by atoms with Gasteiger partial charge >= 0.3 is 0 Å². The number of nitrogens with one attached hydrogen (secondary N) is 1. The highest BCUT2D eigenvalue weighted by atomic mass is 16.3. The number of nitrogens with zero attached hydrogens (tertiary/aromatic N) is 1. The van der Waals surface area contributed by atoms with Crippen LogP contribution in [0, 0.1) is 5.92 Å². The topological polar surface area (TPSA) is 69.6 Å². The number of benzene rings is 2. The third kappa shape index (κ3) is 4.71. The van der Waals surface area contributed by atoms with Gasteiger partial charge in [0.1, 0.15) is 5.75 Å². The number of hydrogen-bond donors (Lipinski definition) is 2. The van der Waals surface area contributed by atoms with Crippen LogP contribution in [0.3, 0.4) is 0 Å². The summed E-state index contributed by atoms with van der Waals surface area (Å²) in [5.41, 5.74) is 2.38. The van der Waals surface area contributed by atoms with Crippen LogP contribution in [-0.4, -0.2) is 34.9 Å². The number of hydrogen-bond acceptors (Lipinski definition) is 3. The van der Waals surface area contributed by atoms with E-state index in [2.05, 4.69) is 5.32 Å². The first kappa shape index (κ1) is 19.9. The van der Waals surface area contributed by atoms with Crippen molar-refractivity contribution >= 4 is 17.5 Å². The Bertz CT molecular complexity index is 841. The molecule has 5 heteroatoms. The summed E-state index contributed by atoms with van der Waals surface area (Å²) < 4.78 is 0. The molecule has 0 spiro atoms. The molecule has 1 unspecified atom stereocenters. The van der Waals surface area contributed by atoms with Crippen LogP contribution in [0.4, 0.5) is 5.69 Å². The Morgan fingerprint density at radius 3 is 2.54 bits per heavy atom. The standard InChI is InChI=1S/C23H28N2O3/c1-3-16(2)22(27)24-20-8-4-7-19(14-20)23(28)25-12-10-17(11-13-25)18-6-5-9-21(26)15-18/h4-9,14-17,26H,3,10-13H2,1-2H3,(H,24,27). The zero-order valence-electron chi connectivity index (χ0n) is 16.5. The Morgan fingerprint density at radius 1 is 1.14 bits per heavy atom. The first-order chi connectivity index (χ1) is 13.5. The molecule has 2 N–H and O–H groups in total. The van der Waals surface area contributed by atoms with Gasteiger partial charge in [-0.15, -0.1) is 0 Å². The Kier molecular flexibility index (Phi) is 6.34. The lowest BCUT2D eigenvalue weighted by atomic mass is 9.89. The Morgan fingerprint density at radius 2 is 1.86 bits per heavy atom. The van der Waals surface area contributed by atoms with Crippen LogP contribution < -0.4 is 5.32 Å². The van der Waals surface area contributed by atoms with Crippen molar-refractivity contribution in [1.82, 2.24) is 4.90 Å². The second-order valence-electron chi connectivity index (χ2n) is 7.54. The first-order valence-electron chi connectivity index (χ1n) is 9.97. The van der Waals surface area contributed by atoms with Crippen LogP contribution in [0.1, 0.15) is 54.9 Å². The van der Waals surface area contributed by atoms with E-state index in [0.717, 1.165) is 24.8 Å². The maximum Gasteiger partial charge on any atom is 0.253 e. The number of piperidine rings is 1. The van der Waals surface area contributed by atoms with Gasteiger partial charge in [-0.3, -0.25) is 9.59 Å². The molecule has 0 radical (unpaired) electrons. The molecule has 0 saturated carbocycles. The second kappa shape index (κ2) is 8.91. The van der Waals surface area contributed by atoms with Crippen LogP contribution in [0.25, 0.3) is 0 Å². The molecule has 1 atom stereocenters. The van der Waals surface area contributed by atoms with Gasteiger partial charge in [-0.05, 0) is 61.1 Å². The van der Waals surface area contributed by atoms with Gasteiger partial charge in [-0.25, -0.2) is 0 Å². The van der Waals surface area contributed by atoms with Gasteiger partial charge in [-0.2, -0.15) is 0 Å². The molecule has 1 heterocycles. The fourth-order valence-electron chi connectivity index (χ4n) is 3.56. The summed E-state index contributed by atoms with van der Waals surface area (Å²) >= 11 is 0. The fraction of sp³-hybridized carbons (Fsp3) is 0.391.